The minimum Gasteiger partial charge on any atom is -0.368 e. The number of alkyl halides is 5. The van der Waals surface area contributed by atoms with Crippen LogP contribution >= 0.6 is 0 Å². The fraction of sp³-hybridized carbons (Fsp3) is 0.440. The first-order valence-electron chi connectivity index (χ1n) is 11.9. The van der Waals surface area contributed by atoms with E-state index in [-0.39, 0.29) is 45.2 Å². The van der Waals surface area contributed by atoms with Crippen molar-refractivity contribution in [2.75, 3.05) is 36.4 Å². The molecule has 5 rings (SSSR count). The number of halogens is 6. The first-order chi connectivity index (χ1) is 17.8. The summed E-state index contributed by atoms with van der Waals surface area (Å²) < 4.78 is 83.2. The number of aryl methyl sites for hydroxylation is 1. The molecule has 0 aliphatic carbocycles. The number of benzene rings is 1. The van der Waals surface area contributed by atoms with E-state index in [1.807, 2.05) is 0 Å². The molecule has 1 amide bonds. The van der Waals surface area contributed by atoms with Gasteiger partial charge in [0.2, 0.25) is 5.91 Å². The Kier molecular flexibility index (Phi) is 6.14. The Morgan fingerprint density at radius 3 is 2.34 bits per heavy atom. The summed E-state index contributed by atoms with van der Waals surface area (Å²) in [6.45, 7) is 6.08. The van der Waals surface area contributed by atoms with E-state index in [0.717, 1.165) is 6.07 Å². The van der Waals surface area contributed by atoms with Gasteiger partial charge in [0.15, 0.2) is 11.3 Å². The number of likely N-dealkylation sites (tertiary alicyclic amines) is 1. The van der Waals surface area contributed by atoms with Crippen molar-refractivity contribution >= 4 is 28.4 Å². The summed E-state index contributed by atoms with van der Waals surface area (Å²) in [5, 5.41) is 3.12. The third-order valence-corrected chi connectivity index (χ3v) is 7.05. The van der Waals surface area contributed by atoms with E-state index in [1.165, 1.54) is 39.0 Å². The Bertz CT molecular complexity index is 1410. The molecule has 0 unspecified atom stereocenters. The first-order valence-corrected chi connectivity index (χ1v) is 11.9. The maximum atomic E-state index is 14.7. The Labute approximate surface area is 213 Å². The SMILES string of the molecule is CC(=O)N1CC2(C1)CN(c1cc3c(N[C@H](C)c4cccc(C(F)F)c4F)nc(C)nc3nc1C(F)(F)F)C2. The summed E-state index contributed by atoms with van der Waals surface area (Å²) in [4.78, 5) is 27.0. The highest BCUT2D eigenvalue weighted by molar-refractivity contribution is 5.90. The van der Waals surface area contributed by atoms with Crippen molar-refractivity contribution in [3.05, 3.63) is 52.7 Å². The number of pyridine rings is 1. The molecule has 3 aromatic rings. The maximum Gasteiger partial charge on any atom is 0.435 e. The third-order valence-electron chi connectivity index (χ3n) is 7.05. The second-order valence-corrected chi connectivity index (χ2v) is 9.99. The van der Waals surface area contributed by atoms with Gasteiger partial charge in [0, 0.05) is 44.1 Å². The van der Waals surface area contributed by atoms with Crippen molar-refractivity contribution in [1.82, 2.24) is 19.9 Å². The molecule has 2 fully saturated rings. The highest BCUT2D eigenvalue weighted by atomic mass is 19.4. The Balaban J connectivity index is 1.51. The lowest BCUT2D eigenvalue weighted by molar-refractivity contribution is -0.143. The Hall–Kier alpha value is -3.64. The molecule has 0 bridgehead atoms. The van der Waals surface area contributed by atoms with Crippen LogP contribution in [0.1, 0.15) is 49.0 Å². The molecule has 202 valence electrons. The van der Waals surface area contributed by atoms with Gasteiger partial charge in [-0.25, -0.2) is 28.1 Å². The molecule has 38 heavy (non-hydrogen) atoms. The number of carbonyl (C=O) groups excluding carboxylic acids is 1. The molecule has 1 aromatic carbocycles. The van der Waals surface area contributed by atoms with Crippen LogP contribution < -0.4 is 10.2 Å². The summed E-state index contributed by atoms with van der Waals surface area (Å²) in [5.41, 5.74) is -2.48. The summed E-state index contributed by atoms with van der Waals surface area (Å²) in [7, 11) is 0. The van der Waals surface area contributed by atoms with Crippen LogP contribution in [0, 0.1) is 18.2 Å². The van der Waals surface area contributed by atoms with Crippen molar-refractivity contribution in [1.29, 1.82) is 0 Å². The monoisotopic (exact) mass is 538 g/mol. The molecule has 0 saturated carbocycles. The van der Waals surface area contributed by atoms with Gasteiger partial charge >= 0.3 is 6.18 Å². The largest absolute Gasteiger partial charge is 0.435 e. The van der Waals surface area contributed by atoms with Gasteiger partial charge in [-0.3, -0.25) is 4.79 Å². The molecule has 1 N–H and O–H groups in total. The highest BCUT2D eigenvalue weighted by Gasteiger charge is 2.54. The number of fused-ring (bicyclic) bond motifs is 1. The number of anilines is 2. The summed E-state index contributed by atoms with van der Waals surface area (Å²) in [6, 6.07) is 4.11. The normalized spacial score (nSPS) is 17.5. The van der Waals surface area contributed by atoms with Gasteiger partial charge in [-0.2, -0.15) is 13.2 Å². The summed E-state index contributed by atoms with van der Waals surface area (Å²) in [6.07, 6.45) is -7.76. The van der Waals surface area contributed by atoms with Gasteiger partial charge in [0.25, 0.3) is 6.43 Å². The molecular formula is C25H24F6N6O. The van der Waals surface area contributed by atoms with E-state index < -0.39 is 35.7 Å². The Morgan fingerprint density at radius 1 is 1.08 bits per heavy atom. The standard InChI is InChI=1S/C25H24F6N6O/c1-12(15-5-4-6-16(19(15)26)21(27)28)32-22-17-7-18(37-10-24(11-37)8-36(9-24)14(3)38)20(25(29,30)31)35-23(17)34-13(2)33-22/h4-7,12,21H,8-11H2,1-3H3,(H,32,33,34,35)/t12-/m1/s1. The van der Waals surface area contributed by atoms with E-state index >= 15 is 0 Å². The average molecular weight is 538 g/mol. The second-order valence-electron chi connectivity index (χ2n) is 9.99. The number of rotatable bonds is 5. The van der Waals surface area contributed by atoms with Crippen molar-refractivity contribution in [3.8, 4) is 0 Å². The predicted octanol–water partition coefficient (Wildman–Crippen LogP) is 5.27. The zero-order valence-corrected chi connectivity index (χ0v) is 20.7. The predicted molar refractivity (Wildman–Crippen MR) is 127 cm³/mol. The van der Waals surface area contributed by atoms with E-state index in [1.54, 1.807) is 9.80 Å². The number of hydrogen-bond acceptors (Lipinski definition) is 6. The zero-order valence-electron chi connectivity index (χ0n) is 20.7. The van der Waals surface area contributed by atoms with Crippen LogP contribution in [0.15, 0.2) is 24.3 Å². The molecule has 1 atom stereocenters. The van der Waals surface area contributed by atoms with Crippen LogP contribution in [0.3, 0.4) is 0 Å². The lowest BCUT2D eigenvalue weighted by Gasteiger charge is -2.60. The van der Waals surface area contributed by atoms with Crippen LogP contribution in [0.4, 0.5) is 37.8 Å². The van der Waals surface area contributed by atoms with Crippen molar-refractivity contribution < 1.29 is 31.1 Å². The van der Waals surface area contributed by atoms with E-state index in [0.29, 0.717) is 26.2 Å². The lowest BCUT2D eigenvalue weighted by atomic mass is 9.72. The fourth-order valence-electron chi connectivity index (χ4n) is 5.19. The number of amides is 1. The smallest absolute Gasteiger partial charge is 0.368 e. The fourth-order valence-corrected chi connectivity index (χ4v) is 5.19. The minimum atomic E-state index is -4.75. The molecule has 2 aliphatic rings. The molecule has 13 heteroatoms. The van der Waals surface area contributed by atoms with E-state index in [2.05, 4.69) is 20.3 Å². The summed E-state index contributed by atoms with van der Waals surface area (Å²) >= 11 is 0. The maximum absolute atomic E-state index is 14.7. The number of hydrogen-bond donors (Lipinski definition) is 1. The van der Waals surface area contributed by atoms with Crippen LogP contribution in [0.2, 0.25) is 0 Å². The quantitative estimate of drug-likeness (QED) is 0.447. The average Bonchev–Trinajstić information content (AvgIpc) is 2.75. The van der Waals surface area contributed by atoms with E-state index in [9.17, 15) is 31.1 Å². The topological polar surface area (TPSA) is 74.2 Å². The molecular weight excluding hydrogens is 514 g/mol. The number of nitrogens with zero attached hydrogens (tertiary/aromatic N) is 5. The Morgan fingerprint density at radius 2 is 1.74 bits per heavy atom. The van der Waals surface area contributed by atoms with Gasteiger partial charge in [0.05, 0.1) is 22.7 Å². The molecule has 2 aliphatic heterocycles. The van der Waals surface area contributed by atoms with E-state index in [4.69, 9.17) is 0 Å². The number of carbonyl (C=O) groups is 1. The van der Waals surface area contributed by atoms with Crippen molar-refractivity contribution in [3.63, 3.8) is 0 Å². The summed E-state index contributed by atoms with van der Waals surface area (Å²) in [5.74, 6) is -0.915. The third kappa shape index (κ3) is 4.47. The van der Waals surface area contributed by atoms with Gasteiger partial charge < -0.3 is 15.1 Å². The molecule has 7 nitrogen and oxygen atoms in total. The zero-order chi connectivity index (χ0) is 27.6. The second kappa shape index (κ2) is 8.98. The van der Waals surface area contributed by atoms with Crippen LogP contribution in [-0.2, 0) is 11.0 Å². The van der Waals surface area contributed by atoms with Crippen molar-refractivity contribution in [2.45, 2.75) is 39.4 Å². The van der Waals surface area contributed by atoms with Crippen LogP contribution in [-0.4, -0.2) is 51.9 Å². The first kappa shape index (κ1) is 26.0. The molecule has 1 spiro atoms. The van der Waals surface area contributed by atoms with Crippen LogP contribution in [0.25, 0.3) is 11.0 Å². The van der Waals surface area contributed by atoms with Gasteiger partial charge in [-0.15, -0.1) is 0 Å². The van der Waals surface area contributed by atoms with Crippen LogP contribution in [0.5, 0.6) is 0 Å². The highest BCUT2D eigenvalue weighted by Crippen LogP contribution is 2.46. The molecule has 0 radical (unpaired) electrons. The molecule has 2 aromatic heterocycles. The molecule has 4 heterocycles. The molecule has 2 saturated heterocycles. The van der Waals surface area contributed by atoms with Crippen molar-refractivity contribution in [2.24, 2.45) is 5.41 Å². The number of aromatic nitrogens is 3. The minimum absolute atomic E-state index is 0.0444. The number of nitrogens with one attached hydrogen (secondary N) is 1. The van der Waals surface area contributed by atoms with Gasteiger partial charge in [-0.05, 0) is 19.9 Å². The van der Waals surface area contributed by atoms with Gasteiger partial charge in [-0.1, -0.05) is 18.2 Å². The lowest BCUT2D eigenvalue weighted by Crippen LogP contribution is -2.73. The van der Waals surface area contributed by atoms with Gasteiger partial charge in [0.1, 0.15) is 17.5 Å².